The molecule has 18 heavy (non-hydrogen) atoms. The van der Waals surface area contributed by atoms with E-state index in [4.69, 9.17) is 9.47 Å². The van der Waals surface area contributed by atoms with Gasteiger partial charge in [-0.15, -0.1) is 17.7 Å². The number of hydrogen-bond acceptors (Lipinski definition) is 6. The molecule has 1 heterocycles. The van der Waals surface area contributed by atoms with E-state index >= 15 is 0 Å². The Bertz CT molecular complexity index is 583. The second-order valence-corrected chi connectivity index (χ2v) is 3.84. The van der Waals surface area contributed by atoms with E-state index in [-0.39, 0.29) is 0 Å². The summed E-state index contributed by atoms with van der Waals surface area (Å²) in [7, 11) is 2.80. The second kappa shape index (κ2) is 5.09. The van der Waals surface area contributed by atoms with E-state index in [1.165, 1.54) is 25.1 Å². The Labute approximate surface area is 109 Å². The highest BCUT2D eigenvalue weighted by Crippen LogP contribution is 2.23. The molecular formula is C11H11N3O3S. The fourth-order valence-electron chi connectivity index (χ4n) is 1.51. The number of carbonyl (C=O) groups is 1. The molecule has 7 heteroatoms. The topological polar surface area (TPSA) is 66.2 Å². The van der Waals surface area contributed by atoms with Gasteiger partial charge < -0.3 is 9.47 Å². The van der Waals surface area contributed by atoms with Crippen molar-refractivity contribution in [2.24, 2.45) is 0 Å². The molecule has 0 saturated heterocycles. The molecule has 0 unspecified atom stereocenters. The number of aromatic nitrogens is 3. The Morgan fingerprint density at radius 2 is 2.17 bits per heavy atom. The molecule has 0 N–H and O–H groups in total. The Morgan fingerprint density at radius 3 is 2.72 bits per heavy atom. The van der Waals surface area contributed by atoms with Gasteiger partial charge in [0.15, 0.2) is 0 Å². The molecule has 2 aromatic rings. The molecule has 94 valence electrons. The van der Waals surface area contributed by atoms with Crippen LogP contribution in [0.25, 0.3) is 5.69 Å². The van der Waals surface area contributed by atoms with Crippen molar-refractivity contribution in [2.75, 3.05) is 14.2 Å². The Morgan fingerprint density at radius 1 is 1.39 bits per heavy atom. The minimum Gasteiger partial charge on any atom is -0.496 e. The monoisotopic (exact) mass is 265 g/mol. The number of carbonyl (C=O) groups excluding carboxylic acids is 1. The number of ether oxygens (including phenoxy) is 2. The molecule has 0 radical (unpaired) electrons. The smallest absolute Gasteiger partial charge is 0.341 e. The van der Waals surface area contributed by atoms with Crippen LogP contribution in [0.4, 0.5) is 0 Å². The van der Waals surface area contributed by atoms with Gasteiger partial charge in [-0.1, -0.05) is 5.21 Å². The fraction of sp³-hybridized carbons (Fsp3) is 0.182. The first-order valence-corrected chi connectivity index (χ1v) is 5.48. The van der Waals surface area contributed by atoms with Crippen molar-refractivity contribution in [3.05, 3.63) is 30.0 Å². The number of hydrogen-bond donors (Lipinski definition) is 1. The van der Waals surface area contributed by atoms with Gasteiger partial charge in [0.1, 0.15) is 16.3 Å². The molecule has 0 bridgehead atoms. The zero-order valence-electron chi connectivity index (χ0n) is 9.82. The zero-order chi connectivity index (χ0) is 13.1. The van der Waals surface area contributed by atoms with Crippen LogP contribution >= 0.6 is 12.6 Å². The van der Waals surface area contributed by atoms with Gasteiger partial charge in [0.2, 0.25) is 0 Å². The first-order chi connectivity index (χ1) is 8.67. The van der Waals surface area contributed by atoms with E-state index < -0.39 is 5.97 Å². The summed E-state index contributed by atoms with van der Waals surface area (Å²) in [5, 5.41) is 8.16. The van der Waals surface area contributed by atoms with Crippen LogP contribution in [0.15, 0.2) is 29.4 Å². The number of esters is 1. The van der Waals surface area contributed by atoms with Crippen LogP contribution in [0.1, 0.15) is 10.4 Å². The minimum atomic E-state index is -0.477. The Hall–Kier alpha value is -2.02. The lowest BCUT2D eigenvalue weighted by Crippen LogP contribution is -2.06. The Balaban J connectivity index is 2.53. The van der Waals surface area contributed by atoms with Crippen LogP contribution in [-0.4, -0.2) is 35.2 Å². The van der Waals surface area contributed by atoms with Crippen molar-refractivity contribution < 1.29 is 14.3 Å². The first kappa shape index (κ1) is 12.4. The quantitative estimate of drug-likeness (QED) is 0.670. The van der Waals surface area contributed by atoms with E-state index in [9.17, 15) is 4.79 Å². The van der Waals surface area contributed by atoms with Crippen LogP contribution in [-0.2, 0) is 4.74 Å². The SMILES string of the molecule is COC(=O)c1cc(-n2nncc2S)ccc1OC. The van der Waals surface area contributed by atoms with Crippen LogP contribution in [0.5, 0.6) is 5.75 Å². The molecular weight excluding hydrogens is 254 g/mol. The van der Waals surface area contributed by atoms with Crippen molar-refractivity contribution in [2.45, 2.75) is 5.03 Å². The predicted octanol–water partition coefficient (Wildman–Crippen LogP) is 1.35. The molecule has 1 aromatic carbocycles. The molecule has 1 aromatic heterocycles. The number of rotatable bonds is 3. The summed E-state index contributed by atoms with van der Waals surface area (Å²) in [6, 6.07) is 5.02. The van der Waals surface area contributed by atoms with Gasteiger partial charge in [-0.25, -0.2) is 9.48 Å². The van der Waals surface area contributed by atoms with Gasteiger partial charge in [0, 0.05) is 0 Å². The summed E-state index contributed by atoms with van der Waals surface area (Å²) in [5.74, 6) is -0.0408. The normalized spacial score (nSPS) is 10.2. The summed E-state index contributed by atoms with van der Waals surface area (Å²) in [5.41, 5.74) is 0.972. The number of methoxy groups -OCH3 is 2. The molecule has 0 aliphatic carbocycles. The average Bonchev–Trinajstić information content (AvgIpc) is 2.83. The molecule has 6 nitrogen and oxygen atoms in total. The number of benzene rings is 1. The lowest BCUT2D eigenvalue weighted by Gasteiger charge is -2.09. The summed E-state index contributed by atoms with van der Waals surface area (Å²) >= 11 is 4.21. The van der Waals surface area contributed by atoms with E-state index in [1.54, 1.807) is 18.2 Å². The number of thiol groups is 1. The molecule has 0 fully saturated rings. The molecule has 0 aliphatic rings. The summed E-state index contributed by atoms with van der Waals surface area (Å²) in [4.78, 5) is 11.6. The Kier molecular flexibility index (Phi) is 3.52. The number of nitrogens with zero attached hydrogens (tertiary/aromatic N) is 3. The summed E-state index contributed by atoms with van der Waals surface area (Å²) in [6.45, 7) is 0. The van der Waals surface area contributed by atoms with Gasteiger partial charge >= 0.3 is 5.97 Å². The summed E-state index contributed by atoms with van der Waals surface area (Å²) in [6.07, 6.45) is 1.51. The highest BCUT2D eigenvalue weighted by Gasteiger charge is 2.15. The van der Waals surface area contributed by atoms with Gasteiger partial charge in [-0.3, -0.25) is 0 Å². The largest absolute Gasteiger partial charge is 0.496 e. The molecule has 0 spiro atoms. The third kappa shape index (κ3) is 2.17. The van der Waals surface area contributed by atoms with Crippen molar-refractivity contribution in [3.8, 4) is 11.4 Å². The minimum absolute atomic E-state index is 0.320. The maximum atomic E-state index is 11.6. The van der Waals surface area contributed by atoms with Crippen LogP contribution in [0.3, 0.4) is 0 Å². The fourth-order valence-corrected chi connectivity index (χ4v) is 1.72. The highest BCUT2D eigenvalue weighted by molar-refractivity contribution is 7.80. The third-order valence-electron chi connectivity index (χ3n) is 2.36. The maximum absolute atomic E-state index is 11.6. The standard InChI is InChI=1S/C11H11N3O3S/c1-16-9-4-3-7(5-8(9)11(15)17-2)14-10(18)6-12-13-14/h3-6,18H,1-2H3. The molecule has 0 aliphatic heterocycles. The zero-order valence-corrected chi connectivity index (χ0v) is 10.7. The highest BCUT2D eigenvalue weighted by atomic mass is 32.1. The van der Waals surface area contributed by atoms with Gasteiger partial charge in [0.25, 0.3) is 0 Å². The molecule has 2 rings (SSSR count). The van der Waals surface area contributed by atoms with Crippen molar-refractivity contribution in [1.29, 1.82) is 0 Å². The first-order valence-electron chi connectivity index (χ1n) is 5.03. The second-order valence-electron chi connectivity index (χ2n) is 3.38. The van der Waals surface area contributed by atoms with E-state index in [0.717, 1.165) is 0 Å². The van der Waals surface area contributed by atoms with Crippen molar-refractivity contribution in [3.63, 3.8) is 0 Å². The van der Waals surface area contributed by atoms with Crippen LogP contribution in [0.2, 0.25) is 0 Å². The molecule has 0 saturated carbocycles. The molecule has 0 amide bonds. The van der Waals surface area contributed by atoms with E-state index in [2.05, 4.69) is 22.9 Å². The lowest BCUT2D eigenvalue weighted by molar-refractivity contribution is 0.0597. The average molecular weight is 265 g/mol. The summed E-state index contributed by atoms with van der Waals surface area (Å²) < 4.78 is 11.3. The van der Waals surface area contributed by atoms with Gasteiger partial charge in [-0.05, 0) is 18.2 Å². The van der Waals surface area contributed by atoms with Crippen molar-refractivity contribution >= 4 is 18.6 Å². The molecule has 0 atom stereocenters. The van der Waals surface area contributed by atoms with Crippen molar-refractivity contribution in [1.82, 2.24) is 15.0 Å². The maximum Gasteiger partial charge on any atom is 0.341 e. The van der Waals surface area contributed by atoms with E-state index in [1.807, 2.05) is 0 Å². The predicted molar refractivity (Wildman–Crippen MR) is 66.5 cm³/mol. The lowest BCUT2D eigenvalue weighted by atomic mass is 10.2. The van der Waals surface area contributed by atoms with E-state index in [0.29, 0.717) is 22.0 Å². The van der Waals surface area contributed by atoms with Crippen LogP contribution < -0.4 is 4.74 Å². The van der Waals surface area contributed by atoms with Gasteiger partial charge in [-0.2, -0.15) is 0 Å². The van der Waals surface area contributed by atoms with Crippen LogP contribution in [0, 0.1) is 0 Å². The third-order valence-corrected chi connectivity index (χ3v) is 2.67. The van der Waals surface area contributed by atoms with Gasteiger partial charge in [0.05, 0.1) is 26.1 Å².